The highest BCUT2D eigenvalue weighted by Gasteiger charge is 2.09. The van der Waals surface area contributed by atoms with E-state index < -0.39 is 11.9 Å². The fraction of sp³-hybridized carbons (Fsp3) is 0.308. The zero-order chi connectivity index (χ0) is 15.1. The summed E-state index contributed by atoms with van der Waals surface area (Å²) in [6.07, 6.45) is 0. The van der Waals surface area contributed by atoms with Gasteiger partial charge in [0.1, 0.15) is 0 Å². The predicted octanol–water partition coefficient (Wildman–Crippen LogP) is -0.327. The summed E-state index contributed by atoms with van der Waals surface area (Å²) in [5.41, 5.74) is 6.38. The quantitative estimate of drug-likeness (QED) is 0.686. The number of carbonyl (C=O) groups excluding carboxylic acids is 3. The largest absolute Gasteiger partial charge is 0.355 e. The normalized spacial score (nSPS) is 10.2. The van der Waals surface area contributed by atoms with E-state index in [-0.39, 0.29) is 12.5 Å². The van der Waals surface area contributed by atoms with Gasteiger partial charge in [-0.05, 0) is 24.7 Å². The van der Waals surface area contributed by atoms with E-state index in [9.17, 15) is 14.4 Å². The molecule has 0 aliphatic rings. The van der Waals surface area contributed by atoms with Crippen molar-refractivity contribution in [2.45, 2.75) is 6.54 Å². The lowest BCUT2D eigenvalue weighted by molar-refractivity contribution is -0.120. The smallest absolute Gasteiger partial charge is 0.318 e. The number of urea groups is 1. The summed E-state index contributed by atoms with van der Waals surface area (Å²) < 4.78 is 0. The van der Waals surface area contributed by atoms with Crippen LogP contribution < -0.4 is 16.4 Å². The minimum atomic E-state index is -0.863. The van der Waals surface area contributed by atoms with Crippen molar-refractivity contribution in [3.05, 3.63) is 35.4 Å². The lowest BCUT2D eigenvalue weighted by Gasteiger charge is -2.15. The Bertz CT molecular complexity index is 499. The molecule has 0 spiro atoms. The first-order valence-corrected chi connectivity index (χ1v) is 6.01. The first-order chi connectivity index (χ1) is 9.42. The average Bonchev–Trinajstić information content (AvgIpc) is 2.37. The number of carbonyl (C=O) groups is 3. The van der Waals surface area contributed by atoms with Gasteiger partial charge in [0.2, 0.25) is 5.91 Å². The Kier molecular flexibility index (Phi) is 5.67. The number of primary amides is 1. The zero-order valence-electron chi connectivity index (χ0n) is 11.5. The van der Waals surface area contributed by atoms with Crippen LogP contribution in [0.3, 0.4) is 0 Å². The highest BCUT2D eigenvalue weighted by molar-refractivity contribution is 5.94. The molecule has 1 aromatic carbocycles. The Morgan fingerprint density at radius 3 is 2.30 bits per heavy atom. The third-order valence-electron chi connectivity index (χ3n) is 2.57. The van der Waals surface area contributed by atoms with Crippen LogP contribution >= 0.6 is 0 Å². The molecule has 20 heavy (non-hydrogen) atoms. The third kappa shape index (κ3) is 5.07. The monoisotopic (exact) mass is 278 g/mol. The lowest BCUT2D eigenvalue weighted by atomic mass is 10.1. The second-order valence-electron chi connectivity index (χ2n) is 4.36. The van der Waals surface area contributed by atoms with Gasteiger partial charge in [-0.1, -0.05) is 12.1 Å². The van der Waals surface area contributed by atoms with E-state index in [0.717, 1.165) is 5.56 Å². The van der Waals surface area contributed by atoms with Crippen molar-refractivity contribution in [2.24, 2.45) is 5.73 Å². The molecule has 0 atom stereocenters. The summed E-state index contributed by atoms with van der Waals surface area (Å²) >= 11 is 0. The maximum Gasteiger partial charge on any atom is 0.318 e. The van der Waals surface area contributed by atoms with Crippen LogP contribution in [0.1, 0.15) is 15.9 Å². The van der Waals surface area contributed by atoms with E-state index in [1.807, 2.05) is 17.4 Å². The van der Waals surface area contributed by atoms with Gasteiger partial charge in [-0.3, -0.25) is 19.8 Å². The Labute approximate surface area is 117 Å². The first-order valence-electron chi connectivity index (χ1n) is 6.01. The molecule has 108 valence electrons. The zero-order valence-corrected chi connectivity index (χ0v) is 11.5. The number of amides is 4. The second-order valence-corrected chi connectivity index (χ2v) is 4.36. The van der Waals surface area contributed by atoms with Gasteiger partial charge in [-0.25, -0.2) is 4.79 Å². The number of hydrogen-bond donors (Lipinski definition) is 3. The molecule has 7 nitrogen and oxygen atoms in total. The van der Waals surface area contributed by atoms with Crippen LogP contribution in [0.25, 0.3) is 0 Å². The van der Waals surface area contributed by atoms with Crippen LogP contribution in [0, 0.1) is 0 Å². The van der Waals surface area contributed by atoms with Crippen molar-refractivity contribution in [1.82, 2.24) is 15.5 Å². The van der Waals surface area contributed by atoms with E-state index in [1.54, 1.807) is 31.1 Å². The molecule has 1 rings (SSSR count). The van der Waals surface area contributed by atoms with Gasteiger partial charge >= 0.3 is 6.03 Å². The van der Waals surface area contributed by atoms with Crippen molar-refractivity contribution in [3.8, 4) is 0 Å². The number of benzene rings is 1. The Balaban J connectivity index is 2.54. The predicted molar refractivity (Wildman–Crippen MR) is 73.9 cm³/mol. The van der Waals surface area contributed by atoms with Gasteiger partial charge < -0.3 is 11.1 Å². The topological polar surface area (TPSA) is 105 Å². The molecular formula is C13H18N4O3. The fourth-order valence-corrected chi connectivity index (χ4v) is 1.70. The van der Waals surface area contributed by atoms with E-state index in [0.29, 0.717) is 12.1 Å². The fourth-order valence-electron chi connectivity index (χ4n) is 1.70. The molecule has 4 amide bonds. The van der Waals surface area contributed by atoms with Crippen LogP contribution in [0.5, 0.6) is 0 Å². The number of nitrogens with one attached hydrogen (secondary N) is 2. The Morgan fingerprint density at radius 2 is 1.80 bits per heavy atom. The van der Waals surface area contributed by atoms with Gasteiger partial charge in [0.25, 0.3) is 5.91 Å². The van der Waals surface area contributed by atoms with Crippen molar-refractivity contribution >= 4 is 17.8 Å². The SMILES string of the molecule is CNC(=O)c1ccc(CN(C)CC(=O)NC(N)=O)cc1. The summed E-state index contributed by atoms with van der Waals surface area (Å²) in [5.74, 6) is -0.604. The van der Waals surface area contributed by atoms with Crippen LogP contribution in [0.2, 0.25) is 0 Å². The number of likely N-dealkylation sites (N-methyl/N-ethyl adjacent to an activating group) is 1. The molecule has 1 aromatic rings. The van der Waals surface area contributed by atoms with E-state index in [4.69, 9.17) is 5.73 Å². The number of imide groups is 1. The maximum atomic E-state index is 11.4. The van der Waals surface area contributed by atoms with E-state index in [2.05, 4.69) is 5.32 Å². The van der Waals surface area contributed by atoms with E-state index in [1.165, 1.54) is 0 Å². The van der Waals surface area contributed by atoms with Crippen molar-refractivity contribution in [1.29, 1.82) is 0 Å². The first kappa shape index (κ1) is 15.6. The molecule has 0 heterocycles. The Hall–Kier alpha value is -2.41. The third-order valence-corrected chi connectivity index (χ3v) is 2.57. The molecular weight excluding hydrogens is 260 g/mol. The van der Waals surface area contributed by atoms with Gasteiger partial charge in [-0.15, -0.1) is 0 Å². The van der Waals surface area contributed by atoms with Crippen LogP contribution in [0.4, 0.5) is 4.79 Å². The molecule has 0 saturated carbocycles. The maximum absolute atomic E-state index is 11.4. The van der Waals surface area contributed by atoms with Crippen molar-refractivity contribution in [2.75, 3.05) is 20.6 Å². The molecule has 0 fully saturated rings. The highest BCUT2D eigenvalue weighted by atomic mass is 16.2. The van der Waals surface area contributed by atoms with E-state index >= 15 is 0 Å². The summed E-state index contributed by atoms with van der Waals surface area (Å²) in [6.45, 7) is 0.570. The highest BCUT2D eigenvalue weighted by Crippen LogP contribution is 2.06. The van der Waals surface area contributed by atoms with Crippen molar-refractivity contribution in [3.63, 3.8) is 0 Å². The Morgan fingerprint density at radius 1 is 1.20 bits per heavy atom. The standard InChI is InChI=1S/C13H18N4O3/c1-15-12(19)10-5-3-9(4-6-10)7-17(2)8-11(18)16-13(14)20/h3-6H,7-8H2,1-2H3,(H,15,19)(H3,14,16,18,20). The number of hydrogen-bond acceptors (Lipinski definition) is 4. The number of nitrogens with two attached hydrogens (primary N) is 1. The second kappa shape index (κ2) is 7.25. The van der Waals surface area contributed by atoms with Gasteiger partial charge in [-0.2, -0.15) is 0 Å². The summed E-state index contributed by atoms with van der Waals surface area (Å²) in [5, 5.41) is 4.54. The number of nitrogens with zero attached hydrogens (tertiary/aromatic N) is 1. The molecule has 7 heteroatoms. The van der Waals surface area contributed by atoms with Gasteiger partial charge in [0.15, 0.2) is 0 Å². The van der Waals surface area contributed by atoms with Crippen LogP contribution in [-0.4, -0.2) is 43.4 Å². The molecule has 0 saturated heterocycles. The number of rotatable bonds is 5. The van der Waals surface area contributed by atoms with Crippen LogP contribution in [-0.2, 0) is 11.3 Å². The molecule has 0 aromatic heterocycles. The summed E-state index contributed by atoms with van der Waals surface area (Å²) in [6, 6.07) is 6.19. The summed E-state index contributed by atoms with van der Waals surface area (Å²) in [4.78, 5) is 34.9. The minimum absolute atomic E-state index is 0.0557. The molecule has 0 bridgehead atoms. The summed E-state index contributed by atoms with van der Waals surface area (Å²) in [7, 11) is 3.31. The molecule has 0 unspecified atom stereocenters. The van der Waals surface area contributed by atoms with Crippen molar-refractivity contribution < 1.29 is 14.4 Å². The minimum Gasteiger partial charge on any atom is -0.355 e. The average molecular weight is 278 g/mol. The molecule has 4 N–H and O–H groups in total. The van der Waals surface area contributed by atoms with Crippen LogP contribution in [0.15, 0.2) is 24.3 Å². The molecule has 0 radical (unpaired) electrons. The lowest BCUT2D eigenvalue weighted by Crippen LogP contribution is -2.41. The molecule has 0 aliphatic carbocycles. The molecule has 0 aliphatic heterocycles. The van der Waals surface area contributed by atoms with Gasteiger partial charge in [0.05, 0.1) is 6.54 Å². The van der Waals surface area contributed by atoms with Gasteiger partial charge in [0, 0.05) is 19.2 Å².